The molecule has 2 atom stereocenters. The summed E-state index contributed by atoms with van der Waals surface area (Å²) in [5.41, 5.74) is 1.81. The molecule has 1 N–H and O–H groups in total. The van der Waals surface area contributed by atoms with Crippen molar-refractivity contribution in [2.45, 2.75) is 50.4 Å². The summed E-state index contributed by atoms with van der Waals surface area (Å²) in [6.07, 6.45) is 5.17. The van der Waals surface area contributed by atoms with Gasteiger partial charge in [-0.3, -0.25) is 4.90 Å². The largest absolute Gasteiger partial charge is 0.495 e. The van der Waals surface area contributed by atoms with Crippen LogP contribution in [0.15, 0.2) is 18.2 Å². The molecule has 2 aliphatic rings. The van der Waals surface area contributed by atoms with Gasteiger partial charge in [0, 0.05) is 24.7 Å². The zero-order valence-electron chi connectivity index (χ0n) is 12.8. The zero-order chi connectivity index (χ0) is 14.8. The number of hydrogen-bond acceptors (Lipinski definition) is 4. The molecule has 0 amide bonds. The van der Waals surface area contributed by atoms with Gasteiger partial charge in [-0.15, -0.1) is 0 Å². The monoisotopic (exact) mass is 285 g/mol. The van der Waals surface area contributed by atoms with E-state index in [1.165, 1.54) is 31.2 Å². The van der Waals surface area contributed by atoms with E-state index in [-0.39, 0.29) is 0 Å². The lowest BCUT2D eigenvalue weighted by atomic mass is 9.98. The Hall–Kier alpha value is -1.57. The van der Waals surface area contributed by atoms with Crippen molar-refractivity contribution in [2.24, 2.45) is 0 Å². The maximum absolute atomic E-state index is 9.04. The highest BCUT2D eigenvalue weighted by Crippen LogP contribution is 2.30. The van der Waals surface area contributed by atoms with Crippen LogP contribution >= 0.6 is 0 Å². The highest BCUT2D eigenvalue weighted by atomic mass is 16.5. The second kappa shape index (κ2) is 6.05. The molecule has 2 unspecified atom stereocenters. The Morgan fingerprint density at radius 2 is 2.05 bits per heavy atom. The smallest absolute Gasteiger partial charge is 0.136 e. The van der Waals surface area contributed by atoms with Crippen LogP contribution in [0.1, 0.15) is 36.8 Å². The van der Waals surface area contributed by atoms with Crippen LogP contribution in [0, 0.1) is 11.3 Å². The molecule has 4 heteroatoms. The molecule has 112 valence electrons. The molecule has 0 radical (unpaired) electrons. The van der Waals surface area contributed by atoms with E-state index < -0.39 is 0 Å². The average Bonchev–Trinajstić information content (AvgIpc) is 2.85. The summed E-state index contributed by atoms with van der Waals surface area (Å²) < 4.78 is 5.30. The van der Waals surface area contributed by atoms with E-state index in [0.29, 0.717) is 29.4 Å². The maximum atomic E-state index is 9.04. The van der Waals surface area contributed by atoms with Gasteiger partial charge in [-0.25, -0.2) is 0 Å². The molecule has 21 heavy (non-hydrogen) atoms. The third kappa shape index (κ3) is 3.04. The molecule has 2 fully saturated rings. The molecule has 2 bridgehead atoms. The number of nitrogens with one attached hydrogen (secondary N) is 1. The van der Waals surface area contributed by atoms with Crippen molar-refractivity contribution in [1.29, 1.82) is 5.26 Å². The summed E-state index contributed by atoms with van der Waals surface area (Å²) in [5, 5.41) is 12.7. The fourth-order valence-corrected chi connectivity index (χ4v) is 3.73. The molecule has 1 aromatic carbocycles. The normalized spacial score (nSPS) is 27.6. The number of piperidine rings is 1. The van der Waals surface area contributed by atoms with Crippen LogP contribution in [-0.4, -0.2) is 37.2 Å². The summed E-state index contributed by atoms with van der Waals surface area (Å²) in [6.45, 7) is 0.909. The molecule has 0 saturated carbocycles. The predicted octanol–water partition coefficient (Wildman–Crippen LogP) is 2.28. The van der Waals surface area contributed by atoms with Crippen LogP contribution < -0.4 is 10.1 Å². The Morgan fingerprint density at radius 1 is 1.33 bits per heavy atom. The first-order valence-electron chi connectivity index (χ1n) is 7.73. The standard InChI is InChI=1S/C17H23N3O/c1-20(16-8-14-5-6-15(9-16)19-14)11-12-3-4-13(10-18)17(7-12)21-2/h3-4,7,14-16,19H,5-6,8-9,11H2,1-2H3. The Bertz CT molecular complexity index is 539. The first-order valence-corrected chi connectivity index (χ1v) is 7.73. The van der Waals surface area contributed by atoms with E-state index in [1.54, 1.807) is 7.11 Å². The van der Waals surface area contributed by atoms with E-state index >= 15 is 0 Å². The number of nitriles is 1. The van der Waals surface area contributed by atoms with Crippen molar-refractivity contribution in [3.05, 3.63) is 29.3 Å². The lowest BCUT2D eigenvalue weighted by Crippen LogP contribution is -2.46. The molecule has 2 aliphatic heterocycles. The SMILES string of the molecule is COc1cc(CN(C)C2CC3CCC(C2)N3)ccc1C#N. The third-order valence-corrected chi connectivity index (χ3v) is 4.89. The molecule has 0 aliphatic carbocycles. The number of methoxy groups -OCH3 is 1. The van der Waals surface area contributed by atoms with E-state index in [0.717, 1.165) is 6.54 Å². The minimum absolute atomic E-state index is 0.601. The topological polar surface area (TPSA) is 48.3 Å². The number of ether oxygens (including phenoxy) is 1. The van der Waals surface area contributed by atoms with E-state index in [4.69, 9.17) is 10.00 Å². The quantitative estimate of drug-likeness (QED) is 0.922. The molecule has 2 saturated heterocycles. The Kier molecular flexibility index (Phi) is 4.14. The van der Waals surface area contributed by atoms with Gasteiger partial charge in [-0.05, 0) is 50.4 Å². The number of hydrogen-bond donors (Lipinski definition) is 1. The van der Waals surface area contributed by atoms with Gasteiger partial charge in [0.15, 0.2) is 0 Å². The summed E-state index contributed by atoms with van der Waals surface area (Å²) in [5.74, 6) is 0.675. The van der Waals surface area contributed by atoms with Crippen molar-refractivity contribution in [3.63, 3.8) is 0 Å². The molecule has 0 aromatic heterocycles. The Balaban J connectivity index is 1.67. The van der Waals surface area contributed by atoms with Crippen LogP contribution in [-0.2, 0) is 6.54 Å². The first-order chi connectivity index (χ1) is 10.2. The van der Waals surface area contributed by atoms with Gasteiger partial charge in [0.05, 0.1) is 12.7 Å². The van der Waals surface area contributed by atoms with Gasteiger partial charge in [-0.1, -0.05) is 6.07 Å². The van der Waals surface area contributed by atoms with Crippen molar-refractivity contribution < 1.29 is 4.74 Å². The van der Waals surface area contributed by atoms with Gasteiger partial charge in [-0.2, -0.15) is 5.26 Å². The van der Waals surface area contributed by atoms with Gasteiger partial charge >= 0.3 is 0 Å². The van der Waals surface area contributed by atoms with Gasteiger partial charge in [0.25, 0.3) is 0 Å². The molecule has 2 heterocycles. The predicted molar refractivity (Wildman–Crippen MR) is 82.1 cm³/mol. The summed E-state index contributed by atoms with van der Waals surface area (Å²) in [4.78, 5) is 2.45. The second-order valence-corrected chi connectivity index (χ2v) is 6.32. The van der Waals surface area contributed by atoms with E-state index in [2.05, 4.69) is 23.3 Å². The number of rotatable bonds is 4. The van der Waals surface area contributed by atoms with Gasteiger partial charge < -0.3 is 10.1 Å². The molecular weight excluding hydrogens is 262 g/mol. The zero-order valence-corrected chi connectivity index (χ0v) is 12.8. The molecule has 0 spiro atoms. The fourth-order valence-electron chi connectivity index (χ4n) is 3.73. The second-order valence-electron chi connectivity index (χ2n) is 6.32. The molecule has 3 rings (SSSR count). The van der Waals surface area contributed by atoms with Crippen LogP contribution in [0.5, 0.6) is 5.75 Å². The van der Waals surface area contributed by atoms with Crippen LogP contribution in [0.25, 0.3) is 0 Å². The number of nitrogens with zero attached hydrogens (tertiary/aromatic N) is 2. The molecule has 1 aromatic rings. The van der Waals surface area contributed by atoms with Crippen LogP contribution in [0.2, 0.25) is 0 Å². The Labute approximate surface area is 126 Å². The lowest BCUT2D eigenvalue weighted by Gasteiger charge is -2.35. The van der Waals surface area contributed by atoms with Crippen molar-refractivity contribution in [1.82, 2.24) is 10.2 Å². The third-order valence-electron chi connectivity index (χ3n) is 4.89. The summed E-state index contributed by atoms with van der Waals surface area (Å²) >= 11 is 0. The van der Waals surface area contributed by atoms with Crippen LogP contribution in [0.4, 0.5) is 0 Å². The van der Waals surface area contributed by atoms with Gasteiger partial charge in [0.2, 0.25) is 0 Å². The van der Waals surface area contributed by atoms with Crippen molar-refractivity contribution in [2.75, 3.05) is 14.2 Å². The summed E-state index contributed by atoms with van der Waals surface area (Å²) in [7, 11) is 3.83. The lowest BCUT2D eigenvalue weighted by molar-refractivity contribution is 0.166. The van der Waals surface area contributed by atoms with E-state index in [9.17, 15) is 0 Å². The average molecular weight is 285 g/mol. The Morgan fingerprint density at radius 3 is 2.67 bits per heavy atom. The maximum Gasteiger partial charge on any atom is 0.136 e. The first kappa shape index (κ1) is 14.4. The fraction of sp³-hybridized carbons (Fsp3) is 0.588. The van der Waals surface area contributed by atoms with Crippen molar-refractivity contribution in [3.8, 4) is 11.8 Å². The summed E-state index contributed by atoms with van der Waals surface area (Å²) in [6, 6.07) is 10.1. The molecule has 4 nitrogen and oxygen atoms in total. The van der Waals surface area contributed by atoms with E-state index in [1.807, 2.05) is 18.2 Å². The van der Waals surface area contributed by atoms with Crippen LogP contribution in [0.3, 0.4) is 0 Å². The number of fused-ring (bicyclic) bond motifs is 2. The van der Waals surface area contributed by atoms with Crippen molar-refractivity contribution >= 4 is 0 Å². The molecular formula is C17H23N3O. The minimum atomic E-state index is 0.601. The van der Waals surface area contributed by atoms with Gasteiger partial charge in [0.1, 0.15) is 11.8 Å². The highest BCUT2D eigenvalue weighted by molar-refractivity contribution is 5.45. The minimum Gasteiger partial charge on any atom is -0.495 e. The number of benzene rings is 1. The highest BCUT2D eigenvalue weighted by Gasteiger charge is 2.34.